The van der Waals surface area contributed by atoms with Crippen molar-refractivity contribution in [2.24, 2.45) is 4.99 Å². The first-order chi connectivity index (χ1) is 7.77. The van der Waals surface area contributed by atoms with E-state index in [2.05, 4.69) is 32.9 Å². The van der Waals surface area contributed by atoms with Gasteiger partial charge in [-0.2, -0.15) is 0 Å². The lowest BCUT2D eigenvalue weighted by Gasteiger charge is -2.13. The Bertz CT molecular complexity index is 421. The van der Waals surface area contributed by atoms with E-state index in [1.807, 2.05) is 24.3 Å². The number of nitrogens with one attached hydrogen (secondary N) is 1. The number of amides is 1. The molecule has 1 N–H and O–H groups in total. The third kappa shape index (κ3) is 2.89. The van der Waals surface area contributed by atoms with E-state index in [0.29, 0.717) is 5.56 Å². The minimum absolute atomic E-state index is 0.109. The van der Waals surface area contributed by atoms with Gasteiger partial charge in [0.05, 0.1) is 5.56 Å². The van der Waals surface area contributed by atoms with Crippen LogP contribution in [0.2, 0.25) is 0 Å². The Labute approximate surface area is 108 Å². The smallest absolute Gasteiger partial charge is 0.277 e. The third-order valence-corrected chi connectivity index (χ3v) is 3.49. The first kappa shape index (κ1) is 11.7. The lowest BCUT2D eigenvalue weighted by atomic mass is 10.1. The van der Waals surface area contributed by atoms with Crippen LogP contribution >= 0.6 is 22.6 Å². The summed E-state index contributed by atoms with van der Waals surface area (Å²) in [5.41, 5.74) is 1.72. The molecule has 0 unspecified atom stereocenters. The molecule has 1 heterocycles. The van der Waals surface area contributed by atoms with Gasteiger partial charge in [-0.25, -0.2) is 4.99 Å². The molecule has 0 spiro atoms. The van der Waals surface area contributed by atoms with Crippen LogP contribution in [0, 0.1) is 3.57 Å². The van der Waals surface area contributed by atoms with Crippen LogP contribution < -0.4 is 5.32 Å². The number of halogens is 1. The van der Waals surface area contributed by atoms with Crippen LogP contribution in [0.5, 0.6) is 0 Å². The molecule has 0 aromatic heterocycles. The van der Waals surface area contributed by atoms with E-state index in [-0.39, 0.29) is 5.91 Å². The zero-order valence-electron chi connectivity index (χ0n) is 8.87. The zero-order valence-corrected chi connectivity index (χ0v) is 11.0. The van der Waals surface area contributed by atoms with Gasteiger partial charge in [0.25, 0.3) is 5.91 Å². The minimum atomic E-state index is -0.109. The van der Waals surface area contributed by atoms with Crippen LogP contribution in [0.25, 0.3) is 0 Å². The van der Waals surface area contributed by atoms with Crippen molar-refractivity contribution >= 4 is 34.2 Å². The van der Waals surface area contributed by atoms with Gasteiger partial charge in [-0.05, 0) is 47.6 Å². The number of benzene rings is 1. The van der Waals surface area contributed by atoms with Crippen molar-refractivity contribution < 1.29 is 4.79 Å². The average Bonchev–Trinajstić information content (AvgIpc) is 2.31. The Morgan fingerprint density at radius 3 is 2.62 bits per heavy atom. The highest BCUT2D eigenvalue weighted by atomic mass is 127. The van der Waals surface area contributed by atoms with Crippen molar-refractivity contribution in [3.05, 3.63) is 33.4 Å². The second-order valence-corrected chi connectivity index (χ2v) is 4.88. The van der Waals surface area contributed by atoms with Gasteiger partial charge in [-0.1, -0.05) is 12.1 Å². The molecular weight excluding hydrogens is 315 g/mol. The molecule has 1 fully saturated rings. The summed E-state index contributed by atoms with van der Waals surface area (Å²) in [7, 11) is 0. The topological polar surface area (TPSA) is 41.5 Å². The zero-order chi connectivity index (χ0) is 11.4. The van der Waals surface area contributed by atoms with Crippen molar-refractivity contribution in [3.63, 3.8) is 0 Å². The fourth-order valence-electron chi connectivity index (χ4n) is 1.67. The van der Waals surface area contributed by atoms with Gasteiger partial charge in [0.2, 0.25) is 0 Å². The number of piperidine rings is 1. The van der Waals surface area contributed by atoms with Gasteiger partial charge in [0.15, 0.2) is 0 Å². The molecule has 1 aromatic rings. The molecule has 0 radical (unpaired) electrons. The summed E-state index contributed by atoms with van der Waals surface area (Å²) >= 11 is 2.17. The number of hydrogen-bond acceptors (Lipinski definition) is 2. The van der Waals surface area contributed by atoms with Crippen molar-refractivity contribution in [3.8, 4) is 0 Å². The van der Waals surface area contributed by atoms with Crippen LogP contribution in [0.15, 0.2) is 29.3 Å². The van der Waals surface area contributed by atoms with Crippen LogP contribution in [-0.2, 0) is 0 Å². The van der Waals surface area contributed by atoms with Crippen molar-refractivity contribution in [1.29, 1.82) is 0 Å². The largest absolute Gasteiger partial charge is 0.316 e. The summed E-state index contributed by atoms with van der Waals surface area (Å²) in [5.74, 6) is -0.109. The van der Waals surface area contributed by atoms with Gasteiger partial charge < -0.3 is 5.32 Å². The molecule has 0 bridgehead atoms. The molecular formula is C12H13IN2O. The molecule has 0 saturated carbocycles. The quantitative estimate of drug-likeness (QED) is 0.804. The Hall–Kier alpha value is -0.750. The first-order valence-electron chi connectivity index (χ1n) is 5.33. The molecule has 0 atom stereocenters. The maximum Gasteiger partial charge on any atom is 0.277 e. The lowest BCUT2D eigenvalue weighted by Crippen LogP contribution is -2.28. The summed E-state index contributed by atoms with van der Waals surface area (Å²) < 4.78 is 0.961. The number of aliphatic imine (C=N–C) groups is 1. The van der Waals surface area contributed by atoms with E-state index >= 15 is 0 Å². The molecule has 2 rings (SSSR count). The van der Waals surface area contributed by atoms with Gasteiger partial charge >= 0.3 is 0 Å². The first-order valence-corrected chi connectivity index (χ1v) is 6.41. The van der Waals surface area contributed by atoms with Crippen LogP contribution in [0.4, 0.5) is 0 Å². The summed E-state index contributed by atoms with van der Waals surface area (Å²) in [6.07, 6.45) is 1.77. The van der Waals surface area contributed by atoms with Crippen molar-refractivity contribution in [1.82, 2.24) is 5.32 Å². The number of carbonyl (C=O) groups excluding carboxylic acids is 1. The van der Waals surface area contributed by atoms with Crippen LogP contribution in [0.3, 0.4) is 0 Å². The normalized spacial score (nSPS) is 15.9. The fourth-order valence-corrected chi connectivity index (χ4v) is 2.28. The summed E-state index contributed by atoms with van der Waals surface area (Å²) in [5, 5.41) is 3.25. The van der Waals surface area contributed by atoms with E-state index in [1.54, 1.807) is 0 Å². The van der Waals surface area contributed by atoms with E-state index in [0.717, 1.165) is 35.2 Å². The predicted molar refractivity (Wildman–Crippen MR) is 73.0 cm³/mol. The van der Waals surface area contributed by atoms with E-state index in [9.17, 15) is 4.79 Å². The monoisotopic (exact) mass is 328 g/mol. The van der Waals surface area contributed by atoms with Gasteiger partial charge in [0.1, 0.15) is 0 Å². The van der Waals surface area contributed by atoms with E-state index in [4.69, 9.17) is 0 Å². The number of carbonyl (C=O) groups is 1. The molecule has 1 aromatic carbocycles. The summed E-state index contributed by atoms with van der Waals surface area (Å²) in [4.78, 5) is 16.1. The van der Waals surface area contributed by atoms with Crippen molar-refractivity contribution in [2.75, 3.05) is 13.1 Å². The standard InChI is InChI=1S/C12H13IN2O/c13-11-4-2-1-3-10(11)12(16)15-9-5-7-14-8-6-9/h1-4,14H,5-8H2. The van der Waals surface area contributed by atoms with Crippen molar-refractivity contribution in [2.45, 2.75) is 12.8 Å². The maximum atomic E-state index is 11.9. The Morgan fingerprint density at radius 2 is 1.94 bits per heavy atom. The SMILES string of the molecule is O=C(N=C1CCNCC1)c1ccccc1I. The second-order valence-electron chi connectivity index (χ2n) is 3.71. The summed E-state index contributed by atoms with van der Waals surface area (Å²) in [6.45, 7) is 1.86. The lowest BCUT2D eigenvalue weighted by molar-refractivity contribution is 0.100. The molecule has 1 aliphatic heterocycles. The Morgan fingerprint density at radius 1 is 1.25 bits per heavy atom. The molecule has 1 saturated heterocycles. The fraction of sp³-hybridized carbons (Fsp3) is 0.333. The molecule has 84 valence electrons. The van der Waals surface area contributed by atoms with Gasteiger partial charge in [-0.3, -0.25) is 4.79 Å². The van der Waals surface area contributed by atoms with E-state index in [1.165, 1.54) is 0 Å². The molecule has 0 aliphatic carbocycles. The van der Waals surface area contributed by atoms with E-state index < -0.39 is 0 Å². The minimum Gasteiger partial charge on any atom is -0.316 e. The average molecular weight is 328 g/mol. The molecule has 16 heavy (non-hydrogen) atoms. The highest BCUT2D eigenvalue weighted by Crippen LogP contribution is 2.13. The molecule has 1 amide bonds. The van der Waals surface area contributed by atoms with Crippen LogP contribution in [-0.4, -0.2) is 24.7 Å². The Kier molecular flexibility index (Phi) is 4.06. The van der Waals surface area contributed by atoms with Gasteiger partial charge in [0, 0.05) is 22.4 Å². The predicted octanol–water partition coefficient (Wildman–Crippen LogP) is 2.26. The third-order valence-electron chi connectivity index (χ3n) is 2.54. The number of hydrogen-bond donors (Lipinski definition) is 1. The highest BCUT2D eigenvalue weighted by Gasteiger charge is 2.11. The second kappa shape index (κ2) is 5.54. The number of nitrogens with zero attached hydrogens (tertiary/aromatic N) is 1. The molecule has 4 heteroatoms. The number of rotatable bonds is 1. The Balaban J connectivity index is 2.16. The highest BCUT2D eigenvalue weighted by molar-refractivity contribution is 14.1. The molecule has 1 aliphatic rings. The maximum absolute atomic E-state index is 11.9. The molecule has 3 nitrogen and oxygen atoms in total. The van der Waals surface area contributed by atoms with Gasteiger partial charge in [-0.15, -0.1) is 0 Å². The summed E-state index contributed by atoms with van der Waals surface area (Å²) in [6, 6.07) is 7.56. The van der Waals surface area contributed by atoms with Crippen LogP contribution in [0.1, 0.15) is 23.2 Å².